The van der Waals surface area contributed by atoms with Crippen molar-refractivity contribution in [2.24, 2.45) is 17.6 Å². The molecule has 1 amide bonds. The summed E-state index contributed by atoms with van der Waals surface area (Å²) in [5, 5.41) is 54.6. The number of carbonyl (C=O) groups excluding carboxylic acids is 3. The number of Topliss-reactive ketones (excluding diaryl/α,β-unsaturated/α-hetero) is 2. The minimum atomic E-state index is -2.73. The first kappa shape index (κ1) is 30.3. The van der Waals surface area contributed by atoms with Gasteiger partial charge in [0.1, 0.15) is 22.8 Å². The van der Waals surface area contributed by atoms with Gasteiger partial charge in [0.2, 0.25) is 5.78 Å². The molecule has 0 aliphatic heterocycles. The summed E-state index contributed by atoms with van der Waals surface area (Å²) in [4.78, 5) is 53.8. The minimum Gasteiger partial charge on any atom is -0.510 e. The van der Waals surface area contributed by atoms with Gasteiger partial charge in [-0.3, -0.25) is 19.3 Å². The molecule has 0 heterocycles. The Bertz CT molecular complexity index is 1780. The molecule has 0 fully saturated rings. The largest absolute Gasteiger partial charge is 0.510 e. The second kappa shape index (κ2) is 10.5. The Hall–Kier alpha value is -5.19. The van der Waals surface area contributed by atoms with Crippen LogP contribution in [-0.4, -0.2) is 92.8 Å². The highest BCUT2D eigenvalue weighted by Crippen LogP contribution is 2.53. The van der Waals surface area contributed by atoms with E-state index in [2.05, 4.69) is 11.8 Å². The maximum absolute atomic E-state index is 14.1. The van der Waals surface area contributed by atoms with Crippen LogP contribution in [0.4, 0.5) is 11.4 Å². The number of likely N-dealkylation sites (N-methyl/N-ethyl adjacent to an activating group) is 1. The molecule has 4 atom stereocenters. The SMILES string of the molecule is CN(C)c1cc(C#Cc2ccc([N+](=O)O)cc2)c(O)c2c1C[C@H]1C[C@H]3[C@H](N(C)C)C(O)=C(C(N)=O)C(=O)[C@@]3(O)C(O)=C1C2=O. The van der Waals surface area contributed by atoms with Crippen molar-refractivity contribution in [2.75, 3.05) is 33.1 Å². The lowest BCUT2D eigenvalue weighted by Crippen LogP contribution is -2.63. The molecule has 13 nitrogen and oxygen atoms in total. The molecule has 3 aliphatic rings. The second-order valence-electron chi connectivity index (χ2n) is 11.6. The molecule has 7 N–H and O–H groups in total. The normalized spacial score (nSPS) is 24.3. The van der Waals surface area contributed by atoms with Crippen molar-refractivity contribution in [2.45, 2.75) is 24.5 Å². The van der Waals surface area contributed by atoms with Gasteiger partial charge in [0.05, 0.1) is 22.1 Å². The summed E-state index contributed by atoms with van der Waals surface area (Å²) in [5.74, 6) is -1.63. The summed E-state index contributed by atoms with van der Waals surface area (Å²) < 4.78 is 0. The van der Waals surface area contributed by atoms with E-state index in [0.29, 0.717) is 16.8 Å². The van der Waals surface area contributed by atoms with Gasteiger partial charge < -0.3 is 31.1 Å². The van der Waals surface area contributed by atoms with Crippen molar-refractivity contribution < 1.29 is 44.9 Å². The van der Waals surface area contributed by atoms with Gasteiger partial charge in [-0.15, -0.1) is 0 Å². The van der Waals surface area contributed by atoms with Crippen molar-refractivity contribution in [3.8, 4) is 17.6 Å². The number of hydrogen-bond donors (Lipinski definition) is 6. The van der Waals surface area contributed by atoms with Crippen LogP contribution in [0.1, 0.15) is 33.5 Å². The number of carbonyl (C=O) groups is 3. The summed E-state index contributed by atoms with van der Waals surface area (Å²) >= 11 is 0. The lowest BCUT2D eigenvalue weighted by atomic mass is 9.58. The van der Waals surface area contributed by atoms with Gasteiger partial charge in [0.25, 0.3) is 10.8 Å². The Morgan fingerprint density at radius 2 is 1.70 bits per heavy atom. The number of primary amides is 1. The summed E-state index contributed by atoms with van der Waals surface area (Å²) in [5.41, 5.74) is 2.91. The number of phenols is 1. The molecule has 2 aromatic carbocycles. The molecule has 0 saturated heterocycles. The number of nitrogens with two attached hydrogens (primary N) is 1. The van der Waals surface area contributed by atoms with Crippen LogP contribution in [0.3, 0.4) is 0 Å². The van der Waals surface area contributed by atoms with Crippen molar-refractivity contribution in [3.63, 3.8) is 0 Å². The van der Waals surface area contributed by atoms with E-state index in [9.17, 15) is 39.7 Å². The fourth-order valence-electron chi connectivity index (χ4n) is 6.60. The highest BCUT2D eigenvalue weighted by atomic mass is 16.6. The molecule has 0 radical (unpaired) electrons. The van der Waals surface area contributed by atoms with Crippen LogP contribution in [-0.2, 0) is 16.0 Å². The third-order valence-electron chi connectivity index (χ3n) is 8.61. The molecule has 13 heteroatoms. The first-order valence-electron chi connectivity index (χ1n) is 13.6. The van der Waals surface area contributed by atoms with E-state index in [-0.39, 0.29) is 40.2 Å². The first-order chi connectivity index (χ1) is 20.6. The molecule has 44 heavy (non-hydrogen) atoms. The smallest absolute Gasteiger partial charge is 0.316 e. The zero-order chi connectivity index (χ0) is 32.4. The molecule has 0 saturated carbocycles. The Morgan fingerprint density at radius 1 is 1.07 bits per heavy atom. The van der Waals surface area contributed by atoms with Crippen LogP contribution < -0.4 is 10.6 Å². The van der Waals surface area contributed by atoms with E-state index in [0.717, 1.165) is 0 Å². The lowest BCUT2D eigenvalue weighted by molar-refractivity contribution is -0.729. The zero-order valence-corrected chi connectivity index (χ0v) is 24.3. The average molecular weight is 604 g/mol. The minimum absolute atomic E-state index is 0.00585. The highest BCUT2D eigenvalue weighted by Gasteiger charge is 2.63. The average Bonchev–Trinajstić information content (AvgIpc) is 2.94. The standard InChI is InChI=1S/C31H30N4O9/c1-33(2)20-13-15(8-5-14-6-9-17(10-7-14)35(43)44)25(36)22-18(20)11-16-12-19-24(34(3)4)27(38)23(30(32)41)29(40)31(19,42)28(39)21(16)26(22)37/h6-7,9-10,13,16,19,24,42H,11-12H2,1-4H3,(H5-,32,36,37,38,39,40,41,43,44)/p+1/t16-,19-,24-,31-/m0/s1. The van der Waals surface area contributed by atoms with Gasteiger partial charge in [-0.05, 0) is 56.6 Å². The van der Waals surface area contributed by atoms with E-state index in [1.165, 1.54) is 29.2 Å². The van der Waals surface area contributed by atoms with E-state index in [4.69, 9.17) is 10.9 Å². The molecule has 0 spiro atoms. The number of anilines is 1. The molecule has 228 valence electrons. The first-order valence-corrected chi connectivity index (χ1v) is 13.6. The third kappa shape index (κ3) is 4.38. The highest BCUT2D eigenvalue weighted by molar-refractivity contribution is 6.25. The van der Waals surface area contributed by atoms with Gasteiger partial charge in [-0.1, -0.05) is 11.8 Å². The van der Waals surface area contributed by atoms with E-state index >= 15 is 0 Å². The second-order valence-corrected chi connectivity index (χ2v) is 11.6. The number of hydrogen-bond acceptors (Lipinski definition) is 10. The van der Waals surface area contributed by atoms with E-state index in [1.54, 1.807) is 39.2 Å². The van der Waals surface area contributed by atoms with Crippen molar-refractivity contribution >= 4 is 28.8 Å². The van der Waals surface area contributed by atoms with Crippen LogP contribution in [0.2, 0.25) is 0 Å². The number of nitrogens with zero attached hydrogens (tertiary/aromatic N) is 3. The van der Waals surface area contributed by atoms with Gasteiger partial charge in [0.15, 0.2) is 11.4 Å². The molecular formula is C31H31N4O9+. The van der Waals surface area contributed by atoms with Crippen LogP contribution in [0.5, 0.6) is 5.75 Å². The number of aromatic hydroxyl groups is 1. The molecule has 2 aromatic rings. The number of fused-ring (bicyclic) bond motifs is 3. The van der Waals surface area contributed by atoms with Crippen LogP contribution in [0, 0.1) is 28.6 Å². The fraction of sp³-hybridized carbons (Fsp3) is 0.323. The van der Waals surface area contributed by atoms with Gasteiger partial charge in [-0.25, -0.2) is 5.21 Å². The summed E-state index contributed by atoms with van der Waals surface area (Å²) in [6, 6.07) is 6.20. The molecule has 0 bridgehead atoms. The molecule has 0 unspecified atom stereocenters. The number of ketones is 2. The summed E-state index contributed by atoms with van der Waals surface area (Å²) in [6.07, 6.45) is 0.114. The zero-order valence-electron chi connectivity index (χ0n) is 24.3. The Morgan fingerprint density at radius 3 is 2.25 bits per heavy atom. The quantitative estimate of drug-likeness (QED) is 0.167. The molecular weight excluding hydrogens is 572 g/mol. The Kier molecular flexibility index (Phi) is 7.23. The fourth-order valence-corrected chi connectivity index (χ4v) is 6.60. The topological polar surface area (TPSA) is 205 Å². The maximum Gasteiger partial charge on any atom is 0.316 e. The summed E-state index contributed by atoms with van der Waals surface area (Å²) in [7, 11) is 6.62. The van der Waals surface area contributed by atoms with E-state index in [1.807, 2.05) is 0 Å². The number of aliphatic hydroxyl groups is 3. The van der Waals surface area contributed by atoms with Gasteiger partial charge in [-0.2, -0.15) is 0 Å². The monoisotopic (exact) mass is 603 g/mol. The van der Waals surface area contributed by atoms with Crippen molar-refractivity contribution in [1.29, 1.82) is 0 Å². The Labute approximate surface area is 251 Å². The van der Waals surface area contributed by atoms with Gasteiger partial charge in [0, 0.05) is 49.0 Å². The van der Waals surface area contributed by atoms with Crippen LogP contribution in [0.15, 0.2) is 53.0 Å². The number of phenolic OH excluding ortho intramolecular Hbond substituents is 1. The van der Waals surface area contributed by atoms with E-state index < -0.39 is 63.8 Å². The predicted octanol–water partition coefficient (Wildman–Crippen LogP) is 1.39. The van der Waals surface area contributed by atoms with Gasteiger partial charge >= 0.3 is 5.69 Å². The van der Waals surface area contributed by atoms with Crippen LogP contribution >= 0.6 is 0 Å². The Balaban J connectivity index is 1.67. The predicted molar refractivity (Wildman–Crippen MR) is 155 cm³/mol. The number of aliphatic hydroxyl groups excluding tert-OH is 2. The van der Waals surface area contributed by atoms with Crippen molar-refractivity contribution in [3.05, 3.63) is 80.2 Å². The van der Waals surface area contributed by atoms with Crippen LogP contribution in [0.25, 0.3) is 0 Å². The molecule has 5 rings (SSSR count). The number of rotatable bonds is 4. The molecule has 0 aromatic heterocycles. The van der Waals surface area contributed by atoms with Crippen molar-refractivity contribution in [1.82, 2.24) is 4.90 Å². The number of benzene rings is 2. The maximum atomic E-state index is 14.1. The molecule has 3 aliphatic carbocycles. The number of amides is 1. The summed E-state index contributed by atoms with van der Waals surface area (Å²) in [6.45, 7) is 0. The lowest BCUT2D eigenvalue weighted by Gasteiger charge is -2.50. The third-order valence-corrected chi connectivity index (χ3v) is 8.61. The number of allylic oxidation sites excluding steroid dienone is 1.